The molecule has 0 spiro atoms. The molecule has 5 rings (SSSR count). The lowest BCUT2D eigenvalue weighted by Crippen LogP contribution is -2.36. The second-order valence-electron chi connectivity index (χ2n) is 8.58. The van der Waals surface area contributed by atoms with Crippen LogP contribution in [0.1, 0.15) is 22.4 Å². The van der Waals surface area contributed by atoms with Crippen molar-refractivity contribution >= 4 is 22.9 Å². The minimum atomic E-state index is -0.0861. The van der Waals surface area contributed by atoms with Gasteiger partial charge >= 0.3 is 0 Å². The van der Waals surface area contributed by atoms with Crippen LogP contribution in [0.25, 0.3) is 5.57 Å². The number of ether oxygens (including phenoxy) is 3. The molecule has 35 heavy (non-hydrogen) atoms. The zero-order valence-corrected chi connectivity index (χ0v) is 20.5. The molecule has 0 amide bonds. The molecule has 0 bridgehead atoms. The van der Waals surface area contributed by atoms with E-state index in [1.54, 1.807) is 23.8 Å². The Kier molecular flexibility index (Phi) is 7.18. The normalized spacial score (nSPS) is 15.1. The van der Waals surface area contributed by atoms with E-state index in [4.69, 9.17) is 30.8 Å². The van der Waals surface area contributed by atoms with Crippen LogP contribution < -0.4 is 15.2 Å². The summed E-state index contributed by atoms with van der Waals surface area (Å²) in [4.78, 5) is 20.1. The fraction of sp³-hybridized carbons (Fsp3) is 0.333. The van der Waals surface area contributed by atoms with Crippen LogP contribution in [-0.4, -0.2) is 56.2 Å². The van der Waals surface area contributed by atoms with Crippen molar-refractivity contribution in [2.45, 2.75) is 13.0 Å². The molecule has 2 aromatic heterocycles. The lowest BCUT2D eigenvalue weighted by Gasteiger charge is -2.29. The van der Waals surface area contributed by atoms with Crippen LogP contribution in [0.5, 0.6) is 5.75 Å². The molecule has 182 valence electrons. The molecule has 1 saturated heterocycles. The Morgan fingerprint density at radius 3 is 2.77 bits per heavy atom. The predicted octanol–water partition coefficient (Wildman–Crippen LogP) is 3.79. The zero-order chi connectivity index (χ0) is 24.2. The fourth-order valence-corrected chi connectivity index (χ4v) is 4.69. The van der Waals surface area contributed by atoms with Crippen LogP contribution in [0.4, 0.5) is 5.69 Å². The summed E-state index contributed by atoms with van der Waals surface area (Å²) in [6.45, 7) is 4.43. The standard InChI is InChI=1S/C27H28ClN3O4/c1-33-12-13-35-26-5-2-21(28)14-20(26)18-31-7-6-19(15-27(31)32)23-3-4-25-24(23)16-22(17-29-25)30-8-10-34-11-9-30/h2-3,5-7,14-17H,4,8-13,18H2,1H3. The zero-order valence-electron chi connectivity index (χ0n) is 19.7. The summed E-state index contributed by atoms with van der Waals surface area (Å²) in [6, 6.07) is 11.3. The number of allylic oxidation sites excluding steroid dienone is 1. The molecular weight excluding hydrogens is 466 g/mol. The first kappa shape index (κ1) is 23.6. The van der Waals surface area contributed by atoms with Crippen molar-refractivity contribution < 1.29 is 14.2 Å². The molecule has 2 aliphatic rings. The Morgan fingerprint density at radius 1 is 1.11 bits per heavy atom. The van der Waals surface area contributed by atoms with E-state index in [0.29, 0.717) is 30.5 Å². The van der Waals surface area contributed by atoms with Gasteiger partial charge in [0.15, 0.2) is 0 Å². The number of halogens is 1. The van der Waals surface area contributed by atoms with Gasteiger partial charge in [-0.1, -0.05) is 17.7 Å². The van der Waals surface area contributed by atoms with Crippen molar-refractivity contribution in [1.29, 1.82) is 0 Å². The van der Waals surface area contributed by atoms with Crippen LogP contribution in [0.15, 0.2) is 59.7 Å². The lowest BCUT2D eigenvalue weighted by molar-refractivity contribution is 0.122. The average molecular weight is 494 g/mol. The van der Waals surface area contributed by atoms with Crippen LogP contribution in [-0.2, 0) is 22.4 Å². The monoisotopic (exact) mass is 493 g/mol. The highest BCUT2D eigenvalue weighted by atomic mass is 35.5. The summed E-state index contributed by atoms with van der Waals surface area (Å²) in [5, 5.41) is 0.597. The first-order chi connectivity index (χ1) is 17.1. The van der Waals surface area contributed by atoms with Gasteiger partial charge in [0, 0.05) is 55.0 Å². The van der Waals surface area contributed by atoms with Gasteiger partial charge in [0.2, 0.25) is 0 Å². The Bertz CT molecular complexity index is 1300. The first-order valence-electron chi connectivity index (χ1n) is 11.8. The number of rotatable bonds is 8. The molecule has 1 fully saturated rings. The van der Waals surface area contributed by atoms with Crippen molar-refractivity contribution in [3.63, 3.8) is 0 Å². The summed E-state index contributed by atoms with van der Waals surface area (Å²) in [6.07, 6.45) is 6.69. The molecule has 0 radical (unpaired) electrons. The number of hydrogen-bond acceptors (Lipinski definition) is 6. The SMILES string of the molecule is COCCOc1ccc(Cl)cc1Cn1ccc(C2=CCc3ncc(N4CCOCC4)cc32)cc1=O. The van der Waals surface area contributed by atoms with E-state index in [-0.39, 0.29) is 5.56 Å². The smallest absolute Gasteiger partial charge is 0.251 e. The highest BCUT2D eigenvalue weighted by molar-refractivity contribution is 6.30. The molecule has 0 saturated carbocycles. The molecule has 0 unspecified atom stereocenters. The number of pyridine rings is 2. The van der Waals surface area contributed by atoms with Crippen molar-refractivity contribution in [2.24, 2.45) is 0 Å². The third kappa shape index (κ3) is 5.27. The second kappa shape index (κ2) is 10.6. The summed E-state index contributed by atoms with van der Waals surface area (Å²) in [5.74, 6) is 0.691. The second-order valence-corrected chi connectivity index (χ2v) is 9.02. The van der Waals surface area contributed by atoms with Gasteiger partial charge in [-0.3, -0.25) is 9.78 Å². The van der Waals surface area contributed by atoms with Gasteiger partial charge in [0.25, 0.3) is 5.56 Å². The number of aromatic nitrogens is 2. The van der Waals surface area contributed by atoms with Crippen molar-refractivity contribution in [3.05, 3.63) is 92.6 Å². The van der Waals surface area contributed by atoms with E-state index in [1.165, 1.54) is 0 Å². The highest BCUT2D eigenvalue weighted by Crippen LogP contribution is 2.34. The number of morpholine rings is 1. The average Bonchev–Trinajstić information content (AvgIpc) is 3.30. The molecule has 1 aromatic carbocycles. The van der Waals surface area contributed by atoms with E-state index in [1.807, 2.05) is 30.6 Å². The molecule has 7 nitrogen and oxygen atoms in total. The van der Waals surface area contributed by atoms with E-state index in [2.05, 4.69) is 17.0 Å². The van der Waals surface area contributed by atoms with Crippen LogP contribution in [0, 0.1) is 0 Å². The van der Waals surface area contributed by atoms with Crippen molar-refractivity contribution in [3.8, 4) is 5.75 Å². The molecule has 1 aliphatic carbocycles. The van der Waals surface area contributed by atoms with Crippen LogP contribution >= 0.6 is 11.6 Å². The maximum Gasteiger partial charge on any atom is 0.251 e. The number of nitrogens with zero attached hydrogens (tertiary/aromatic N) is 3. The van der Waals surface area contributed by atoms with Gasteiger partial charge in [-0.25, -0.2) is 0 Å². The Balaban J connectivity index is 1.38. The quantitative estimate of drug-likeness (QED) is 0.445. The van der Waals surface area contributed by atoms with Gasteiger partial charge < -0.3 is 23.7 Å². The van der Waals surface area contributed by atoms with E-state index in [9.17, 15) is 4.79 Å². The number of methoxy groups -OCH3 is 1. The molecule has 3 heterocycles. The largest absolute Gasteiger partial charge is 0.491 e. The number of benzene rings is 1. The summed E-state index contributed by atoms with van der Waals surface area (Å²) in [7, 11) is 1.63. The Hall–Kier alpha value is -3.13. The molecule has 0 N–H and O–H groups in total. The molecule has 0 atom stereocenters. The summed E-state index contributed by atoms with van der Waals surface area (Å²) >= 11 is 6.22. The van der Waals surface area contributed by atoms with Crippen molar-refractivity contribution in [1.82, 2.24) is 9.55 Å². The van der Waals surface area contributed by atoms with Gasteiger partial charge in [-0.05, 0) is 41.5 Å². The highest BCUT2D eigenvalue weighted by Gasteiger charge is 2.21. The minimum absolute atomic E-state index is 0.0861. The van der Waals surface area contributed by atoms with Gasteiger partial charge in [-0.15, -0.1) is 0 Å². The number of hydrogen-bond donors (Lipinski definition) is 0. The van der Waals surface area contributed by atoms with Crippen molar-refractivity contribution in [2.75, 3.05) is 51.5 Å². The predicted molar refractivity (Wildman–Crippen MR) is 137 cm³/mol. The summed E-state index contributed by atoms with van der Waals surface area (Å²) in [5.41, 5.74) is 5.93. The van der Waals surface area contributed by atoms with Crippen LogP contribution in [0.2, 0.25) is 5.02 Å². The molecular formula is C27H28ClN3O4. The van der Waals surface area contributed by atoms with E-state index < -0.39 is 0 Å². The maximum atomic E-state index is 13.1. The topological polar surface area (TPSA) is 65.8 Å². The third-order valence-corrected chi connectivity index (χ3v) is 6.57. The van der Waals surface area contributed by atoms with Crippen LogP contribution in [0.3, 0.4) is 0 Å². The first-order valence-corrected chi connectivity index (χ1v) is 12.1. The third-order valence-electron chi connectivity index (χ3n) is 6.34. The Labute approximate surface area is 209 Å². The van der Waals surface area contributed by atoms with Gasteiger partial charge in [0.05, 0.1) is 43.9 Å². The molecule has 8 heteroatoms. The number of anilines is 1. The molecule has 3 aromatic rings. The van der Waals surface area contributed by atoms with E-state index in [0.717, 1.165) is 66.4 Å². The lowest BCUT2D eigenvalue weighted by atomic mass is 10.0. The van der Waals surface area contributed by atoms with Gasteiger partial charge in [0.1, 0.15) is 12.4 Å². The number of fused-ring (bicyclic) bond motifs is 1. The maximum absolute atomic E-state index is 13.1. The Morgan fingerprint density at radius 2 is 1.97 bits per heavy atom. The van der Waals surface area contributed by atoms with Gasteiger partial charge in [-0.2, -0.15) is 0 Å². The molecule has 1 aliphatic heterocycles. The fourth-order valence-electron chi connectivity index (χ4n) is 4.49. The van der Waals surface area contributed by atoms with E-state index >= 15 is 0 Å². The minimum Gasteiger partial charge on any atom is -0.491 e. The summed E-state index contributed by atoms with van der Waals surface area (Å²) < 4.78 is 18.0.